The van der Waals surface area contributed by atoms with E-state index in [0.717, 1.165) is 0 Å². The largest absolute Gasteiger partial charge is 0.478 e. The molecule has 0 aliphatic rings. The molecule has 0 aromatic rings. The Morgan fingerprint density at radius 1 is 1.31 bits per heavy atom. The summed E-state index contributed by atoms with van der Waals surface area (Å²) in [5.74, 6) is -0.990. The van der Waals surface area contributed by atoms with Crippen LogP contribution in [0.4, 0.5) is 0 Å². The first-order chi connectivity index (χ1) is 5.86. The van der Waals surface area contributed by atoms with Gasteiger partial charge in [-0.2, -0.15) is 0 Å². The molecular weight excluding hydrogens is 172 g/mol. The number of carbonyl (C=O) groups is 1. The fraction of sp³-hybridized carbons (Fsp3) is 0.667. The van der Waals surface area contributed by atoms with Crippen LogP contribution in [0.5, 0.6) is 0 Å². The standard InChI is InChI=1S/C9H16O4/c1-5(6(2)9(12)13)4-8(11)7(3)10/h7-8,10-11H,4H2,1-3H3,(H,12,13). The van der Waals surface area contributed by atoms with Gasteiger partial charge in [0.05, 0.1) is 12.2 Å². The van der Waals surface area contributed by atoms with Crippen molar-refractivity contribution in [3.05, 3.63) is 11.1 Å². The number of hydrogen-bond acceptors (Lipinski definition) is 3. The molecule has 0 rings (SSSR count). The van der Waals surface area contributed by atoms with Crippen molar-refractivity contribution in [2.75, 3.05) is 0 Å². The highest BCUT2D eigenvalue weighted by Gasteiger charge is 2.14. The first-order valence-electron chi connectivity index (χ1n) is 4.12. The quantitative estimate of drug-likeness (QED) is 0.563. The summed E-state index contributed by atoms with van der Waals surface area (Å²) in [5.41, 5.74) is 0.806. The Morgan fingerprint density at radius 3 is 2.08 bits per heavy atom. The van der Waals surface area contributed by atoms with E-state index in [9.17, 15) is 9.90 Å². The van der Waals surface area contributed by atoms with Crippen molar-refractivity contribution in [3.63, 3.8) is 0 Å². The second-order valence-electron chi connectivity index (χ2n) is 3.22. The Bertz CT molecular complexity index is 218. The van der Waals surface area contributed by atoms with Crippen LogP contribution in [-0.2, 0) is 4.79 Å². The van der Waals surface area contributed by atoms with E-state index in [1.165, 1.54) is 13.8 Å². The van der Waals surface area contributed by atoms with Crippen LogP contribution in [0, 0.1) is 0 Å². The molecule has 0 fully saturated rings. The molecule has 2 atom stereocenters. The summed E-state index contributed by atoms with van der Waals surface area (Å²) in [7, 11) is 0. The molecule has 0 spiro atoms. The summed E-state index contributed by atoms with van der Waals surface area (Å²) in [6.07, 6.45) is -1.54. The molecule has 0 saturated carbocycles. The number of aliphatic carboxylic acids is 1. The minimum Gasteiger partial charge on any atom is -0.478 e. The molecule has 0 aromatic heterocycles. The minimum atomic E-state index is -0.990. The molecule has 13 heavy (non-hydrogen) atoms. The first kappa shape index (κ1) is 12.1. The highest BCUT2D eigenvalue weighted by Crippen LogP contribution is 2.12. The number of aliphatic hydroxyl groups is 2. The normalized spacial score (nSPS) is 17.6. The second kappa shape index (κ2) is 4.99. The number of carboxylic acid groups (broad SMARTS) is 1. The van der Waals surface area contributed by atoms with E-state index in [1.54, 1.807) is 6.92 Å². The predicted molar refractivity (Wildman–Crippen MR) is 48.3 cm³/mol. The van der Waals surface area contributed by atoms with E-state index in [4.69, 9.17) is 10.2 Å². The fourth-order valence-corrected chi connectivity index (χ4v) is 0.820. The number of rotatable bonds is 4. The molecule has 0 saturated heterocycles. The van der Waals surface area contributed by atoms with Gasteiger partial charge in [0, 0.05) is 5.57 Å². The third kappa shape index (κ3) is 4.05. The Morgan fingerprint density at radius 2 is 1.77 bits per heavy atom. The van der Waals surface area contributed by atoms with Gasteiger partial charge >= 0.3 is 5.97 Å². The zero-order valence-corrected chi connectivity index (χ0v) is 8.11. The van der Waals surface area contributed by atoms with Gasteiger partial charge in [-0.05, 0) is 27.2 Å². The van der Waals surface area contributed by atoms with E-state index < -0.39 is 18.2 Å². The topological polar surface area (TPSA) is 77.8 Å². The number of carboxylic acids is 1. The van der Waals surface area contributed by atoms with E-state index in [-0.39, 0.29) is 12.0 Å². The van der Waals surface area contributed by atoms with Crippen molar-refractivity contribution >= 4 is 5.97 Å². The summed E-state index contributed by atoms with van der Waals surface area (Å²) >= 11 is 0. The lowest BCUT2D eigenvalue weighted by Gasteiger charge is -2.14. The highest BCUT2D eigenvalue weighted by molar-refractivity contribution is 5.86. The van der Waals surface area contributed by atoms with E-state index in [2.05, 4.69) is 0 Å². The van der Waals surface area contributed by atoms with Gasteiger partial charge in [-0.15, -0.1) is 0 Å². The van der Waals surface area contributed by atoms with Crippen LogP contribution < -0.4 is 0 Å². The van der Waals surface area contributed by atoms with Gasteiger partial charge in [-0.3, -0.25) is 0 Å². The van der Waals surface area contributed by atoms with Crippen LogP contribution >= 0.6 is 0 Å². The molecule has 0 radical (unpaired) electrons. The molecule has 0 aliphatic carbocycles. The molecule has 0 aliphatic heterocycles. The van der Waals surface area contributed by atoms with E-state index >= 15 is 0 Å². The molecule has 0 bridgehead atoms. The van der Waals surface area contributed by atoms with Gasteiger partial charge in [0.1, 0.15) is 0 Å². The summed E-state index contributed by atoms with van der Waals surface area (Å²) in [6, 6.07) is 0. The average Bonchev–Trinajstić information content (AvgIpc) is 2.02. The Balaban J connectivity index is 4.37. The first-order valence-corrected chi connectivity index (χ1v) is 4.12. The Hall–Kier alpha value is -0.870. The third-order valence-electron chi connectivity index (χ3n) is 2.03. The van der Waals surface area contributed by atoms with Crippen molar-refractivity contribution in [3.8, 4) is 0 Å². The second-order valence-corrected chi connectivity index (χ2v) is 3.22. The molecule has 0 aromatic carbocycles. The Labute approximate surface area is 77.5 Å². The van der Waals surface area contributed by atoms with Gasteiger partial charge in [0.2, 0.25) is 0 Å². The lowest BCUT2D eigenvalue weighted by molar-refractivity contribution is -0.132. The van der Waals surface area contributed by atoms with Crippen LogP contribution in [0.25, 0.3) is 0 Å². The van der Waals surface area contributed by atoms with E-state index in [1.807, 2.05) is 0 Å². The zero-order valence-electron chi connectivity index (χ0n) is 8.11. The van der Waals surface area contributed by atoms with Crippen molar-refractivity contribution in [1.29, 1.82) is 0 Å². The lowest BCUT2D eigenvalue weighted by Crippen LogP contribution is -2.23. The molecule has 0 amide bonds. The third-order valence-corrected chi connectivity index (χ3v) is 2.03. The summed E-state index contributed by atoms with van der Waals surface area (Å²) in [4.78, 5) is 10.5. The van der Waals surface area contributed by atoms with Gasteiger partial charge in [0.25, 0.3) is 0 Å². The van der Waals surface area contributed by atoms with Crippen molar-refractivity contribution in [1.82, 2.24) is 0 Å². The summed E-state index contributed by atoms with van der Waals surface area (Å²) in [5, 5.41) is 26.8. The van der Waals surface area contributed by atoms with Crippen LogP contribution in [0.1, 0.15) is 27.2 Å². The number of aliphatic hydroxyl groups excluding tert-OH is 2. The fourth-order valence-electron chi connectivity index (χ4n) is 0.820. The Kier molecular flexibility index (Phi) is 4.66. The maximum atomic E-state index is 10.5. The lowest BCUT2D eigenvalue weighted by atomic mass is 10.0. The van der Waals surface area contributed by atoms with Crippen LogP contribution in [0.15, 0.2) is 11.1 Å². The van der Waals surface area contributed by atoms with Gasteiger partial charge < -0.3 is 15.3 Å². The number of hydrogen-bond donors (Lipinski definition) is 3. The molecule has 4 nitrogen and oxygen atoms in total. The molecule has 2 unspecified atom stereocenters. The average molecular weight is 188 g/mol. The maximum absolute atomic E-state index is 10.5. The molecule has 4 heteroatoms. The van der Waals surface area contributed by atoms with Crippen LogP contribution in [0.2, 0.25) is 0 Å². The van der Waals surface area contributed by atoms with Crippen molar-refractivity contribution in [2.45, 2.75) is 39.4 Å². The molecule has 76 valence electrons. The van der Waals surface area contributed by atoms with Gasteiger partial charge in [-0.25, -0.2) is 4.79 Å². The predicted octanol–water partition coefficient (Wildman–Crippen LogP) is 0.539. The van der Waals surface area contributed by atoms with Crippen LogP contribution in [0.3, 0.4) is 0 Å². The minimum absolute atomic E-state index is 0.190. The van der Waals surface area contributed by atoms with Crippen molar-refractivity contribution < 1.29 is 20.1 Å². The van der Waals surface area contributed by atoms with E-state index in [0.29, 0.717) is 5.57 Å². The molecule has 3 N–H and O–H groups in total. The summed E-state index contributed by atoms with van der Waals surface area (Å²) < 4.78 is 0. The highest BCUT2D eigenvalue weighted by atomic mass is 16.4. The van der Waals surface area contributed by atoms with Gasteiger partial charge in [0.15, 0.2) is 0 Å². The smallest absolute Gasteiger partial charge is 0.331 e. The molecular formula is C9H16O4. The SMILES string of the molecule is CC(CC(O)C(C)O)=C(C)C(=O)O. The zero-order chi connectivity index (χ0) is 10.6. The van der Waals surface area contributed by atoms with Crippen molar-refractivity contribution in [2.24, 2.45) is 0 Å². The summed E-state index contributed by atoms with van der Waals surface area (Å²) in [6.45, 7) is 4.58. The monoisotopic (exact) mass is 188 g/mol. The maximum Gasteiger partial charge on any atom is 0.331 e. The van der Waals surface area contributed by atoms with Crippen LogP contribution in [-0.4, -0.2) is 33.5 Å². The molecule has 0 heterocycles. The van der Waals surface area contributed by atoms with Gasteiger partial charge in [-0.1, -0.05) is 5.57 Å².